The van der Waals surface area contributed by atoms with E-state index >= 15 is 0 Å². The predicted octanol–water partition coefficient (Wildman–Crippen LogP) is 2.60. The number of thioether (sulfide) groups is 1. The summed E-state index contributed by atoms with van der Waals surface area (Å²) in [5.74, 6) is 0.462. The van der Waals surface area contributed by atoms with Crippen molar-refractivity contribution in [2.75, 3.05) is 56.1 Å². The molecule has 2 N–H and O–H groups in total. The van der Waals surface area contributed by atoms with Crippen molar-refractivity contribution in [3.05, 3.63) is 65.7 Å². The summed E-state index contributed by atoms with van der Waals surface area (Å²) in [5, 5.41) is 5.82. The fraction of sp³-hybridized carbons (Fsp3) is 0.417. The van der Waals surface area contributed by atoms with Crippen LogP contribution in [0.2, 0.25) is 0 Å². The number of aryl methyl sites for hydroxylation is 1. The Hall–Kier alpha value is -2.35. The molecule has 0 aromatic heterocycles. The van der Waals surface area contributed by atoms with Crippen LogP contribution in [0, 0.1) is 6.92 Å². The summed E-state index contributed by atoms with van der Waals surface area (Å²) < 4.78 is 0. The zero-order chi connectivity index (χ0) is 21.9. The van der Waals surface area contributed by atoms with Crippen molar-refractivity contribution in [2.24, 2.45) is 0 Å². The van der Waals surface area contributed by atoms with E-state index in [1.54, 1.807) is 0 Å². The monoisotopic (exact) mass is 440 g/mol. The first kappa shape index (κ1) is 23.3. The Balaban J connectivity index is 1.22. The molecule has 31 heavy (non-hydrogen) atoms. The number of rotatable bonds is 10. The highest BCUT2D eigenvalue weighted by Crippen LogP contribution is 2.11. The van der Waals surface area contributed by atoms with Crippen LogP contribution in [0.4, 0.5) is 5.69 Å². The first-order valence-electron chi connectivity index (χ1n) is 10.8. The van der Waals surface area contributed by atoms with Gasteiger partial charge in [-0.05, 0) is 30.2 Å². The molecule has 2 aromatic rings. The normalized spacial score (nSPS) is 14.9. The third-order valence-electron chi connectivity index (χ3n) is 5.23. The molecular formula is C24H32N4O2S. The largest absolute Gasteiger partial charge is 0.354 e. The molecule has 0 radical (unpaired) electrons. The molecule has 2 aromatic carbocycles. The van der Waals surface area contributed by atoms with Gasteiger partial charge in [0.05, 0.1) is 11.5 Å². The fourth-order valence-corrected chi connectivity index (χ4v) is 4.22. The van der Waals surface area contributed by atoms with Gasteiger partial charge >= 0.3 is 0 Å². The zero-order valence-electron chi connectivity index (χ0n) is 18.2. The smallest absolute Gasteiger partial charge is 0.234 e. The van der Waals surface area contributed by atoms with Crippen molar-refractivity contribution < 1.29 is 9.59 Å². The van der Waals surface area contributed by atoms with E-state index in [2.05, 4.69) is 50.8 Å². The molecule has 0 atom stereocenters. The van der Waals surface area contributed by atoms with Crippen molar-refractivity contribution in [1.29, 1.82) is 0 Å². The van der Waals surface area contributed by atoms with E-state index in [9.17, 15) is 9.59 Å². The maximum Gasteiger partial charge on any atom is 0.234 e. The first-order chi connectivity index (χ1) is 15.1. The van der Waals surface area contributed by atoms with E-state index < -0.39 is 0 Å². The number of amides is 2. The van der Waals surface area contributed by atoms with E-state index in [0.29, 0.717) is 12.3 Å². The number of anilines is 1. The second kappa shape index (κ2) is 12.5. The van der Waals surface area contributed by atoms with Gasteiger partial charge in [0.1, 0.15) is 0 Å². The lowest BCUT2D eigenvalue weighted by Crippen LogP contribution is -2.48. The Morgan fingerprint density at radius 3 is 2.35 bits per heavy atom. The van der Waals surface area contributed by atoms with Gasteiger partial charge in [0, 0.05) is 51.5 Å². The first-order valence-corrected chi connectivity index (χ1v) is 11.9. The molecule has 1 heterocycles. The van der Waals surface area contributed by atoms with Crippen molar-refractivity contribution in [1.82, 2.24) is 15.1 Å². The predicted molar refractivity (Wildman–Crippen MR) is 128 cm³/mol. The Bertz CT molecular complexity index is 838. The summed E-state index contributed by atoms with van der Waals surface area (Å²) in [5.41, 5.74) is 3.25. The van der Waals surface area contributed by atoms with Gasteiger partial charge < -0.3 is 10.6 Å². The number of benzene rings is 2. The van der Waals surface area contributed by atoms with Crippen molar-refractivity contribution in [2.45, 2.75) is 13.5 Å². The van der Waals surface area contributed by atoms with E-state index in [1.807, 2.05) is 31.2 Å². The molecule has 2 amide bonds. The summed E-state index contributed by atoms with van der Waals surface area (Å²) in [7, 11) is 0. The minimum atomic E-state index is -0.0863. The van der Waals surface area contributed by atoms with Gasteiger partial charge in [0.2, 0.25) is 11.8 Å². The molecule has 0 bridgehead atoms. The van der Waals surface area contributed by atoms with Crippen LogP contribution < -0.4 is 10.6 Å². The van der Waals surface area contributed by atoms with Crippen LogP contribution in [0.15, 0.2) is 54.6 Å². The quantitative estimate of drug-likeness (QED) is 0.595. The second-order valence-electron chi connectivity index (χ2n) is 7.86. The lowest BCUT2D eigenvalue weighted by atomic mass is 10.2. The third kappa shape index (κ3) is 8.73. The van der Waals surface area contributed by atoms with Crippen LogP contribution in [0.3, 0.4) is 0 Å². The molecule has 0 unspecified atom stereocenters. The third-order valence-corrected chi connectivity index (χ3v) is 6.16. The van der Waals surface area contributed by atoms with Gasteiger partial charge in [0.25, 0.3) is 0 Å². The summed E-state index contributed by atoms with van der Waals surface area (Å²) in [6.07, 6.45) is 0. The molecule has 166 valence electrons. The molecule has 0 saturated carbocycles. The fourth-order valence-electron chi connectivity index (χ4n) is 3.57. The van der Waals surface area contributed by atoms with Crippen LogP contribution >= 0.6 is 11.8 Å². The number of hydrogen-bond donors (Lipinski definition) is 2. The summed E-state index contributed by atoms with van der Waals surface area (Å²) in [4.78, 5) is 28.9. The van der Waals surface area contributed by atoms with Crippen molar-refractivity contribution >= 4 is 29.3 Å². The van der Waals surface area contributed by atoms with Crippen LogP contribution in [0.25, 0.3) is 0 Å². The number of carbonyl (C=O) groups excluding carboxylic acids is 2. The van der Waals surface area contributed by atoms with E-state index in [4.69, 9.17) is 0 Å². The number of carbonyl (C=O) groups is 2. The number of nitrogens with one attached hydrogen (secondary N) is 2. The van der Waals surface area contributed by atoms with Crippen LogP contribution in [-0.2, 0) is 16.1 Å². The second-order valence-corrected chi connectivity index (χ2v) is 8.85. The van der Waals surface area contributed by atoms with Gasteiger partial charge in [-0.25, -0.2) is 0 Å². The molecule has 7 heteroatoms. The number of nitrogens with zero attached hydrogens (tertiary/aromatic N) is 2. The highest BCUT2D eigenvalue weighted by atomic mass is 32.2. The maximum absolute atomic E-state index is 12.0. The highest BCUT2D eigenvalue weighted by Gasteiger charge is 2.16. The molecule has 3 rings (SSSR count). The van der Waals surface area contributed by atoms with Crippen molar-refractivity contribution in [3.8, 4) is 0 Å². The topological polar surface area (TPSA) is 64.7 Å². The summed E-state index contributed by atoms with van der Waals surface area (Å²) >= 11 is 1.34. The standard InChI is InChI=1S/C24H32N4O2S/c1-20-6-5-9-22(16-20)26-24(30)19-31-18-23(29)25-10-11-27-12-14-28(15-13-27)17-21-7-3-2-4-8-21/h2-9,16H,10-15,17-19H2,1H3,(H,25,29)(H,26,30). The van der Waals surface area contributed by atoms with Gasteiger partial charge in [-0.2, -0.15) is 0 Å². The van der Waals surface area contributed by atoms with Gasteiger partial charge in [-0.15, -0.1) is 11.8 Å². The van der Waals surface area contributed by atoms with Gasteiger partial charge in [-0.1, -0.05) is 42.5 Å². The maximum atomic E-state index is 12.0. The number of hydrogen-bond acceptors (Lipinski definition) is 5. The molecule has 1 aliphatic rings. The van der Waals surface area contributed by atoms with Crippen LogP contribution in [0.5, 0.6) is 0 Å². The lowest BCUT2D eigenvalue weighted by Gasteiger charge is -2.34. The molecule has 6 nitrogen and oxygen atoms in total. The average Bonchev–Trinajstić information content (AvgIpc) is 2.76. The Morgan fingerprint density at radius 1 is 0.903 bits per heavy atom. The minimum absolute atomic E-state index is 0.0175. The molecule has 1 saturated heterocycles. The molecule has 1 aliphatic heterocycles. The Labute approximate surface area is 189 Å². The SMILES string of the molecule is Cc1cccc(NC(=O)CSCC(=O)NCCN2CCN(Cc3ccccc3)CC2)c1. The summed E-state index contributed by atoms with van der Waals surface area (Å²) in [6, 6.07) is 18.3. The highest BCUT2D eigenvalue weighted by molar-refractivity contribution is 8.00. The average molecular weight is 441 g/mol. The zero-order valence-corrected chi connectivity index (χ0v) is 19.0. The van der Waals surface area contributed by atoms with Crippen LogP contribution in [0.1, 0.15) is 11.1 Å². The Morgan fingerprint density at radius 2 is 1.61 bits per heavy atom. The van der Waals surface area contributed by atoms with Crippen LogP contribution in [-0.4, -0.2) is 72.4 Å². The number of piperazine rings is 1. The van der Waals surface area contributed by atoms with Gasteiger partial charge in [-0.3, -0.25) is 19.4 Å². The molecular weight excluding hydrogens is 408 g/mol. The molecule has 1 fully saturated rings. The van der Waals surface area contributed by atoms with E-state index in [-0.39, 0.29) is 17.6 Å². The van der Waals surface area contributed by atoms with Gasteiger partial charge in [0.15, 0.2) is 0 Å². The minimum Gasteiger partial charge on any atom is -0.354 e. The molecule has 0 spiro atoms. The summed E-state index contributed by atoms with van der Waals surface area (Å²) in [6.45, 7) is 8.65. The van der Waals surface area contributed by atoms with E-state index in [0.717, 1.165) is 50.5 Å². The molecule has 0 aliphatic carbocycles. The Kier molecular flexibility index (Phi) is 9.39. The van der Waals surface area contributed by atoms with Crippen molar-refractivity contribution in [3.63, 3.8) is 0 Å². The lowest BCUT2D eigenvalue weighted by molar-refractivity contribution is -0.118. The van der Waals surface area contributed by atoms with E-state index in [1.165, 1.54) is 17.3 Å².